The van der Waals surface area contributed by atoms with Gasteiger partial charge in [0.05, 0.1) is 33.8 Å². The Balaban J connectivity index is 1.22. The van der Waals surface area contributed by atoms with E-state index in [9.17, 15) is 0 Å². The van der Waals surface area contributed by atoms with E-state index in [2.05, 4.69) is 176 Å². The van der Waals surface area contributed by atoms with Crippen LogP contribution in [0.15, 0.2) is 97.1 Å². The van der Waals surface area contributed by atoms with E-state index >= 15 is 0 Å². The van der Waals surface area contributed by atoms with E-state index in [1.165, 1.54) is 111 Å². The van der Waals surface area contributed by atoms with Gasteiger partial charge < -0.3 is 9.47 Å². The monoisotopic (exact) mass is 686 g/mol. The number of nitrogens with zero attached hydrogens (tertiary/aromatic N) is 2. The van der Waals surface area contributed by atoms with E-state index in [1.807, 2.05) is 0 Å². The topological polar surface area (TPSA) is 8.17 Å². The molecule has 0 spiro atoms. The molecular formula is C51H46N2. The summed E-state index contributed by atoms with van der Waals surface area (Å²) in [5.41, 5.74) is 24.7. The van der Waals surface area contributed by atoms with Crippen molar-refractivity contribution in [2.45, 2.75) is 96.3 Å². The van der Waals surface area contributed by atoms with Crippen molar-refractivity contribution < 1.29 is 0 Å². The Kier molecular flexibility index (Phi) is 4.96. The van der Waals surface area contributed by atoms with Gasteiger partial charge in [0.2, 0.25) is 0 Å². The highest BCUT2D eigenvalue weighted by Crippen LogP contribution is 2.69. The first kappa shape index (κ1) is 30.4. The van der Waals surface area contributed by atoms with Crippen molar-refractivity contribution in [2.75, 3.05) is 4.90 Å². The molecule has 0 radical (unpaired) electrons. The van der Waals surface area contributed by atoms with Crippen molar-refractivity contribution in [1.29, 1.82) is 0 Å². The lowest BCUT2D eigenvalue weighted by molar-refractivity contribution is 0.550. The highest BCUT2D eigenvalue weighted by molar-refractivity contribution is 6.12. The molecule has 4 aliphatic heterocycles. The second-order valence-electron chi connectivity index (χ2n) is 19.4. The third-order valence-corrected chi connectivity index (χ3v) is 15.0. The molecule has 0 fully saturated rings. The Labute approximate surface area is 313 Å². The Hall–Kier alpha value is -5.08. The highest BCUT2D eigenvalue weighted by atomic mass is 15.2. The van der Waals surface area contributed by atoms with Crippen molar-refractivity contribution in [3.63, 3.8) is 0 Å². The Bertz CT molecular complexity index is 2900. The first-order chi connectivity index (χ1) is 25.1. The molecule has 0 saturated heterocycles. The van der Waals surface area contributed by atoms with E-state index in [0.717, 1.165) is 0 Å². The molecule has 2 nitrogen and oxygen atoms in total. The number of para-hydroxylation sites is 4. The van der Waals surface area contributed by atoms with E-state index in [4.69, 9.17) is 0 Å². The number of benzene rings is 6. The molecule has 2 heteroatoms. The fraction of sp³-hybridized carbons (Fsp3) is 0.294. The number of fused-ring (bicyclic) bond motifs is 9. The van der Waals surface area contributed by atoms with Gasteiger partial charge in [-0.15, -0.1) is 0 Å². The summed E-state index contributed by atoms with van der Waals surface area (Å²) in [5.74, 6) is 0. The van der Waals surface area contributed by atoms with Crippen LogP contribution < -0.4 is 4.90 Å². The van der Waals surface area contributed by atoms with Crippen LogP contribution in [-0.2, 0) is 27.1 Å². The van der Waals surface area contributed by atoms with Crippen molar-refractivity contribution in [3.05, 3.63) is 153 Å². The second kappa shape index (κ2) is 8.65. The minimum atomic E-state index is -0.210. The predicted octanol–water partition coefficient (Wildman–Crippen LogP) is 13.1. The lowest BCUT2D eigenvalue weighted by atomic mass is 9.59. The fourth-order valence-electron chi connectivity index (χ4n) is 12.3. The quantitative estimate of drug-likeness (QED) is 0.154. The van der Waals surface area contributed by atoms with Gasteiger partial charge in [-0.2, -0.15) is 0 Å². The first-order valence-electron chi connectivity index (χ1n) is 19.6. The minimum absolute atomic E-state index is 0.0991. The number of rotatable bonds is 0. The van der Waals surface area contributed by atoms with Gasteiger partial charge >= 0.3 is 0 Å². The van der Waals surface area contributed by atoms with Gasteiger partial charge in [-0.25, -0.2) is 0 Å². The van der Waals surface area contributed by atoms with Crippen LogP contribution in [-0.4, -0.2) is 4.57 Å². The van der Waals surface area contributed by atoms with E-state index in [0.29, 0.717) is 0 Å². The number of anilines is 3. The third kappa shape index (κ3) is 3.06. The molecule has 0 N–H and O–H groups in total. The van der Waals surface area contributed by atoms with Crippen LogP contribution >= 0.6 is 0 Å². The SMILES string of the molecule is CC1(C)c2cccc3c2N2c4c1cccc4C(C)(C)c1c2c(cc2c1C(C)(C)c1cc4c(cc1-2)C(C)(C)c1cccc2c5ccccc5n-4c12)C3(C)C. The summed E-state index contributed by atoms with van der Waals surface area (Å²) in [5, 5.41) is 2.68. The number of aromatic nitrogens is 1. The number of hydrogen-bond acceptors (Lipinski definition) is 1. The molecule has 6 aromatic carbocycles. The summed E-state index contributed by atoms with van der Waals surface area (Å²) in [6, 6.07) is 38.1. The molecule has 1 aromatic heterocycles. The molecule has 53 heavy (non-hydrogen) atoms. The molecule has 7 aromatic rings. The van der Waals surface area contributed by atoms with Crippen molar-refractivity contribution in [2.24, 2.45) is 0 Å². The summed E-state index contributed by atoms with van der Waals surface area (Å²) in [6.45, 7) is 24.8. The largest absolute Gasteiger partial charge is 0.309 e. The number of hydrogen-bond donors (Lipinski definition) is 0. The van der Waals surface area contributed by atoms with Gasteiger partial charge in [0, 0.05) is 37.8 Å². The zero-order chi connectivity index (χ0) is 36.5. The van der Waals surface area contributed by atoms with Gasteiger partial charge in [-0.1, -0.05) is 142 Å². The predicted molar refractivity (Wildman–Crippen MR) is 222 cm³/mol. The molecule has 5 aliphatic rings. The van der Waals surface area contributed by atoms with E-state index in [1.54, 1.807) is 0 Å². The van der Waals surface area contributed by atoms with Crippen LogP contribution in [0.2, 0.25) is 0 Å². The summed E-state index contributed by atoms with van der Waals surface area (Å²) in [6.07, 6.45) is 0. The third-order valence-electron chi connectivity index (χ3n) is 15.0. The molecular weight excluding hydrogens is 641 g/mol. The van der Waals surface area contributed by atoms with E-state index < -0.39 is 0 Å². The summed E-state index contributed by atoms with van der Waals surface area (Å²) in [7, 11) is 0. The molecule has 1 aliphatic carbocycles. The lowest BCUT2D eigenvalue weighted by Crippen LogP contribution is -2.44. The second-order valence-corrected chi connectivity index (χ2v) is 19.4. The summed E-state index contributed by atoms with van der Waals surface area (Å²) in [4.78, 5) is 2.73. The van der Waals surface area contributed by atoms with Crippen molar-refractivity contribution in [3.8, 4) is 16.8 Å². The highest BCUT2D eigenvalue weighted by Gasteiger charge is 2.55. The molecule has 12 rings (SSSR count). The first-order valence-corrected chi connectivity index (χ1v) is 19.6. The van der Waals surface area contributed by atoms with Gasteiger partial charge in [0.25, 0.3) is 0 Å². The van der Waals surface area contributed by atoms with Crippen molar-refractivity contribution in [1.82, 2.24) is 4.57 Å². The van der Waals surface area contributed by atoms with Crippen LogP contribution in [0.4, 0.5) is 17.1 Å². The van der Waals surface area contributed by atoms with Crippen LogP contribution in [0.25, 0.3) is 38.6 Å². The summed E-state index contributed by atoms with van der Waals surface area (Å²) >= 11 is 0. The summed E-state index contributed by atoms with van der Waals surface area (Å²) < 4.78 is 2.59. The molecule has 5 heterocycles. The van der Waals surface area contributed by atoms with Crippen LogP contribution in [0.1, 0.15) is 125 Å². The Morgan fingerprint density at radius 3 is 1.57 bits per heavy atom. The fourth-order valence-corrected chi connectivity index (χ4v) is 12.3. The van der Waals surface area contributed by atoms with E-state index in [-0.39, 0.29) is 27.1 Å². The molecule has 0 amide bonds. The smallest absolute Gasteiger partial charge is 0.0582 e. The van der Waals surface area contributed by atoms with Gasteiger partial charge in [-0.05, 0) is 91.0 Å². The maximum Gasteiger partial charge on any atom is 0.0582 e. The van der Waals surface area contributed by atoms with Gasteiger partial charge in [0.1, 0.15) is 0 Å². The minimum Gasteiger partial charge on any atom is -0.309 e. The lowest BCUT2D eigenvalue weighted by Gasteiger charge is -2.56. The zero-order valence-electron chi connectivity index (χ0n) is 32.6. The molecule has 260 valence electrons. The van der Waals surface area contributed by atoms with Crippen LogP contribution in [0, 0.1) is 0 Å². The average Bonchev–Trinajstić information content (AvgIpc) is 3.57. The Morgan fingerprint density at radius 2 is 0.887 bits per heavy atom. The standard InChI is InChI=1S/C51H46N2/c1-47(2)32-19-14-21-34-44(32)53-45-33(47)20-15-22-35(45)50(7,8)42-41-30(25-38(46(42)53)49(34,5)6)29-24-37-40(26-36(29)51(41,9)10)52-39-23-12-11-16-27(39)28-17-13-18-31(43(28)52)48(37,3)4/h11-26H,1-10H3. The average molecular weight is 687 g/mol. The Morgan fingerprint density at radius 1 is 0.377 bits per heavy atom. The maximum atomic E-state index is 2.73. The van der Waals surface area contributed by atoms with Gasteiger partial charge in [-0.3, -0.25) is 0 Å². The maximum absolute atomic E-state index is 2.73. The van der Waals surface area contributed by atoms with Crippen LogP contribution in [0.5, 0.6) is 0 Å². The van der Waals surface area contributed by atoms with Gasteiger partial charge in [0.15, 0.2) is 0 Å². The molecule has 0 bridgehead atoms. The van der Waals surface area contributed by atoms with Crippen LogP contribution in [0.3, 0.4) is 0 Å². The normalized spacial score (nSPS) is 19.8. The molecule has 0 unspecified atom stereocenters. The molecule has 0 saturated carbocycles. The van der Waals surface area contributed by atoms with Crippen molar-refractivity contribution >= 4 is 38.9 Å². The zero-order valence-corrected chi connectivity index (χ0v) is 32.6. The molecule has 0 atom stereocenters.